The lowest BCUT2D eigenvalue weighted by atomic mass is 10.4. The summed E-state index contributed by atoms with van der Waals surface area (Å²) in [5, 5.41) is 5.63. The fourth-order valence-corrected chi connectivity index (χ4v) is 1.10. The fourth-order valence-electron chi connectivity index (χ4n) is 1.10. The number of ether oxygens (including phenoxy) is 1. The number of methoxy groups -OCH3 is 1. The van der Waals surface area contributed by atoms with Crippen molar-refractivity contribution in [1.82, 2.24) is 10.3 Å². The number of pyridine rings is 1. The molecule has 0 spiro atoms. The van der Waals surface area contributed by atoms with Gasteiger partial charge in [0, 0.05) is 31.6 Å². The second kappa shape index (κ2) is 6.62. The molecule has 0 saturated carbocycles. The van der Waals surface area contributed by atoms with Crippen molar-refractivity contribution in [3.8, 4) is 0 Å². The van der Waals surface area contributed by atoms with E-state index in [1.807, 2.05) is 0 Å². The molecule has 0 aliphatic carbocycles. The molecular weight excluding hydrogens is 208 g/mol. The van der Waals surface area contributed by atoms with E-state index in [1.54, 1.807) is 25.4 Å². The van der Waals surface area contributed by atoms with Crippen molar-refractivity contribution in [2.45, 2.75) is 0 Å². The van der Waals surface area contributed by atoms with E-state index in [9.17, 15) is 4.79 Å². The Labute approximate surface area is 94.2 Å². The maximum atomic E-state index is 11.3. The summed E-state index contributed by atoms with van der Waals surface area (Å²) in [7, 11) is 1.59. The van der Waals surface area contributed by atoms with Gasteiger partial charge >= 0.3 is 0 Å². The predicted octanol–water partition coefficient (Wildman–Crippen LogP) is -0.162. The summed E-state index contributed by atoms with van der Waals surface area (Å²) < 4.78 is 4.81. The number of nitrogens with one attached hydrogen (secondary N) is 2. The largest absolute Gasteiger partial charge is 0.384 e. The minimum absolute atomic E-state index is 0.0903. The first-order valence-electron chi connectivity index (χ1n) is 4.93. The van der Waals surface area contributed by atoms with Crippen LogP contribution in [0.5, 0.6) is 0 Å². The van der Waals surface area contributed by atoms with E-state index in [-0.39, 0.29) is 12.5 Å². The molecule has 0 saturated heterocycles. The molecule has 0 bridgehead atoms. The molecular formula is C10H16N4O2. The second-order valence-corrected chi connectivity index (χ2v) is 3.17. The number of carbonyl (C=O) groups is 1. The van der Waals surface area contributed by atoms with Crippen molar-refractivity contribution in [3.05, 3.63) is 18.3 Å². The van der Waals surface area contributed by atoms with Gasteiger partial charge in [-0.2, -0.15) is 0 Å². The first-order valence-corrected chi connectivity index (χ1v) is 4.93. The molecule has 88 valence electrons. The number of anilines is 2. The van der Waals surface area contributed by atoms with Gasteiger partial charge in [0.05, 0.1) is 13.2 Å². The van der Waals surface area contributed by atoms with Crippen LogP contribution in [-0.4, -0.2) is 37.7 Å². The van der Waals surface area contributed by atoms with E-state index < -0.39 is 0 Å². The number of amides is 1. The van der Waals surface area contributed by atoms with Crippen molar-refractivity contribution in [1.29, 1.82) is 0 Å². The zero-order chi connectivity index (χ0) is 11.8. The standard InChI is InChI=1S/C10H16N4O2/c1-16-5-4-13-10(15)7-14-8-2-3-12-9(11)6-8/h2-3,6H,4-5,7H2,1H3,(H,13,15)(H3,11,12,14). The molecule has 0 fully saturated rings. The molecule has 1 rings (SSSR count). The Balaban J connectivity index is 2.26. The monoisotopic (exact) mass is 224 g/mol. The van der Waals surface area contributed by atoms with Crippen LogP contribution < -0.4 is 16.4 Å². The maximum absolute atomic E-state index is 11.3. The molecule has 6 nitrogen and oxygen atoms in total. The second-order valence-electron chi connectivity index (χ2n) is 3.17. The van der Waals surface area contributed by atoms with Gasteiger partial charge in [-0.25, -0.2) is 4.98 Å². The van der Waals surface area contributed by atoms with Crippen LogP contribution >= 0.6 is 0 Å². The summed E-state index contributed by atoms with van der Waals surface area (Å²) >= 11 is 0. The molecule has 16 heavy (non-hydrogen) atoms. The van der Waals surface area contributed by atoms with Crippen LogP contribution in [0.3, 0.4) is 0 Å². The third-order valence-electron chi connectivity index (χ3n) is 1.86. The number of nitrogen functional groups attached to an aromatic ring is 1. The van der Waals surface area contributed by atoms with Gasteiger partial charge in [0.15, 0.2) is 0 Å². The Hall–Kier alpha value is -1.82. The van der Waals surface area contributed by atoms with Crippen LogP contribution in [0.15, 0.2) is 18.3 Å². The summed E-state index contributed by atoms with van der Waals surface area (Å²) in [5.41, 5.74) is 6.27. The number of aromatic nitrogens is 1. The topological polar surface area (TPSA) is 89.3 Å². The molecule has 1 aromatic rings. The zero-order valence-corrected chi connectivity index (χ0v) is 9.19. The molecule has 6 heteroatoms. The van der Waals surface area contributed by atoms with Crippen molar-refractivity contribution >= 4 is 17.4 Å². The molecule has 0 unspecified atom stereocenters. The highest BCUT2D eigenvalue weighted by Crippen LogP contribution is 2.07. The first kappa shape index (κ1) is 12.3. The van der Waals surface area contributed by atoms with Gasteiger partial charge in [0.2, 0.25) is 5.91 Å². The summed E-state index contributed by atoms with van der Waals surface area (Å²) in [4.78, 5) is 15.1. The van der Waals surface area contributed by atoms with E-state index in [4.69, 9.17) is 10.5 Å². The van der Waals surface area contributed by atoms with Crippen LogP contribution in [0.4, 0.5) is 11.5 Å². The highest BCUT2D eigenvalue weighted by molar-refractivity contribution is 5.80. The first-order chi connectivity index (χ1) is 7.72. The Morgan fingerprint density at radius 1 is 1.62 bits per heavy atom. The SMILES string of the molecule is COCCNC(=O)CNc1ccnc(N)c1. The Morgan fingerprint density at radius 2 is 2.44 bits per heavy atom. The van der Waals surface area contributed by atoms with E-state index in [1.165, 1.54) is 0 Å². The summed E-state index contributed by atoms with van der Waals surface area (Å²) in [5.74, 6) is 0.331. The van der Waals surface area contributed by atoms with Gasteiger partial charge in [-0.15, -0.1) is 0 Å². The van der Waals surface area contributed by atoms with Crippen molar-refractivity contribution in [2.75, 3.05) is 37.9 Å². The molecule has 1 heterocycles. The Morgan fingerprint density at radius 3 is 3.12 bits per heavy atom. The number of hydrogen-bond acceptors (Lipinski definition) is 5. The summed E-state index contributed by atoms with van der Waals surface area (Å²) in [6.45, 7) is 1.22. The molecule has 0 aliphatic rings. The summed E-state index contributed by atoms with van der Waals surface area (Å²) in [6.07, 6.45) is 1.58. The van der Waals surface area contributed by atoms with Crippen molar-refractivity contribution in [2.24, 2.45) is 0 Å². The van der Waals surface area contributed by atoms with Gasteiger partial charge in [0.1, 0.15) is 5.82 Å². The van der Waals surface area contributed by atoms with Gasteiger partial charge in [-0.3, -0.25) is 4.79 Å². The van der Waals surface area contributed by atoms with Gasteiger partial charge in [-0.05, 0) is 6.07 Å². The van der Waals surface area contributed by atoms with Crippen molar-refractivity contribution in [3.63, 3.8) is 0 Å². The number of rotatable bonds is 6. The van der Waals surface area contributed by atoms with E-state index in [0.29, 0.717) is 19.0 Å². The van der Waals surface area contributed by atoms with Crippen LogP contribution in [0.25, 0.3) is 0 Å². The minimum atomic E-state index is -0.0903. The van der Waals surface area contributed by atoms with Crippen LogP contribution in [0, 0.1) is 0 Å². The van der Waals surface area contributed by atoms with Gasteiger partial charge in [-0.1, -0.05) is 0 Å². The molecule has 1 amide bonds. The van der Waals surface area contributed by atoms with Gasteiger partial charge < -0.3 is 21.1 Å². The number of nitrogens with two attached hydrogens (primary N) is 1. The molecule has 4 N–H and O–H groups in total. The molecule has 1 aromatic heterocycles. The van der Waals surface area contributed by atoms with Crippen LogP contribution in [0.1, 0.15) is 0 Å². The van der Waals surface area contributed by atoms with E-state index >= 15 is 0 Å². The number of nitrogens with zero attached hydrogens (tertiary/aromatic N) is 1. The lowest BCUT2D eigenvalue weighted by Gasteiger charge is -2.07. The summed E-state index contributed by atoms with van der Waals surface area (Å²) in [6, 6.07) is 3.42. The third kappa shape index (κ3) is 4.61. The van der Waals surface area contributed by atoms with Gasteiger partial charge in [0.25, 0.3) is 0 Å². The van der Waals surface area contributed by atoms with E-state index in [0.717, 1.165) is 5.69 Å². The number of hydrogen-bond donors (Lipinski definition) is 3. The number of carbonyl (C=O) groups excluding carboxylic acids is 1. The predicted molar refractivity (Wildman–Crippen MR) is 62.0 cm³/mol. The smallest absolute Gasteiger partial charge is 0.239 e. The van der Waals surface area contributed by atoms with Crippen molar-refractivity contribution < 1.29 is 9.53 Å². The quantitative estimate of drug-likeness (QED) is 0.584. The average molecular weight is 224 g/mol. The maximum Gasteiger partial charge on any atom is 0.239 e. The zero-order valence-electron chi connectivity index (χ0n) is 9.19. The average Bonchev–Trinajstić information content (AvgIpc) is 2.27. The highest BCUT2D eigenvalue weighted by atomic mass is 16.5. The van der Waals surface area contributed by atoms with Crippen LogP contribution in [-0.2, 0) is 9.53 Å². The Bertz CT molecular complexity index is 343. The normalized spacial score (nSPS) is 9.81. The fraction of sp³-hybridized carbons (Fsp3) is 0.400. The highest BCUT2D eigenvalue weighted by Gasteiger charge is 2.00. The minimum Gasteiger partial charge on any atom is -0.384 e. The Kier molecular flexibility index (Phi) is 5.07. The lowest BCUT2D eigenvalue weighted by molar-refractivity contribution is -0.119. The van der Waals surface area contributed by atoms with Crippen LogP contribution in [0.2, 0.25) is 0 Å². The third-order valence-corrected chi connectivity index (χ3v) is 1.86. The lowest BCUT2D eigenvalue weighted by Crippen LogP contribution is -2.32. The van der Waals surface area contributed by atoms with E-state index in [2.05, 4.69) is 15.6 Å². The molecule has 0 atom stereocenters. The molecule has 0 radical (unpaired) electrons. The molecule has 0 aliphatic heterocycles. The molecule has 0 aromatic carbocycles.